The first-order valence-corrected chi connectivity index (χ1v) is 20.7. The minimum Gasteiger partial charge on any atom is -1.00 e. The standard InChI is InChI=1S/C16H30O2.C9H16O2.C9H18O.2CH4.2BrH.2ClH.Cu.Li.2Mg/c1-3-4-5-6-7-8-9-10-11-12-13-14-15-18-16(2)17;1-5-8(6-2)11-9(10)7(3)4;1-2-3-4-5-6-7-8-9-10;;;;;;;;;;/h4-5H,3,6-15H2,1-2H3;5,7-8H,1,6H2,2-4H3;1-9H2;2*1H4;4*1H;;;;/q;;-2;;;;;;;+2;;2*+2/p-4/b5-4+;;;;;;;;;;;;. The van der Waals surface area contributed by atoms with Crippen molar-refractivity contribution in [3.05, 3.63) is 31.7 Å². The molecule has 290 valence electrons. The predicted octanol–water partition coefficient (Wildman–Crippen LogP) is 4.91. The molecule has 0 saturated heterocycles. The second kappa shape index (κ2) is 75.5. The molecule has 13 heteroatoms. The quantitative estimate of drug-likeness (QED) is 0.0479. The second-order valence-corrected chi connectivity index (χ2v) is 15.1. The molecule has 0 heterocycles. The Bertz CT molecular complexity index is 598. The zero-order chi connectivity index (χ0) is 32.7. The molecule has 1 atom stereocenters. The number of halogens is 4. The predicted molar refractivity (Wildman–Crippen MR) is 214 cm³/mol. The van der Waals surface area contributed by atoms with Crippen molar-refractivity contribution < 1.29 is 60.3 Å². The fourth-order valence-corrected chi connectivity index (χ4v) is 3.49. The fraction of sp³-hybridized carbons (Fsp3) is 0.806. The SMILES string of the molecule is C.C.C=CC(CC)OC(=O)C(C)C.CC/C=C/CCCCCCCCCCOC(C)=O.[Br][Cu][Br].[CH2-]CCCCCCCC[O-].[Cl-].[Cl-].[Li].[Mg+2].[Mg+2]. The molecule has 0 aromatic heterocycles. The molecule has 0 aromatic carbocycles. The number of hydrogen-bond acceptors (Lipinski definition) is 5. The maximum atomic E-state index is 11.0. The molecule has 0 fully saturated rings. The first-order valence-electron chi connectivity index (χ1n) is 16.0. The van der Waals surface area contributed by atoms with E-state index in [0.717, 1.165) is 38.5 Å². The van der Waals surface area contributed by atoms with E-state index in [1.165, 1.54) is 95.3 Å². The molecule has 0 amide bonds. The van der Waals surface area contributed by atoms with E-state index in [-0.39, 0.29) is 135 Å². The molecule has 1 unspecified atom stereocenters. The van der Waals surface area contributed by atoms with Gasteiger partial charge in [-0.15, -0.1) is 6.61 Å². The summed E-state index contributed by atoms with van der Waals surface area (Å²) >= 11 is 7.38. The topological polar surface area (TPSA) is 75.7 Å². The van der Waals surface area contributed by atoms with Crippen molar-refractivity contribution in [1.82, 2.24) is 0 Å². The molecule has 49 heavy (non-hydrogen) atoms. The van der Waals surface area contributed by atoms with E-state index in [1.54, 1.807) is 6.08 Å². The van der Waals surface area contributed by atoms with E-state index in [9.17, 15) is 14.7 Å². The minimum atomic E-state index is -0.160. The summed E-state index contributed by atoms with van der Waals surface area (Å²) in [6, 6.07) is 0. The first kappa shape index (κ1) is 80.1. The van der Waals surface area contributed by atoms with Gasteiger partial charge >= 0.3 is 97.6 Å². The number of ether oxygens (including phenoxy) is 2. The molecule has 0 aliphatic rings. The van der Waals surface area contributed by atoms with Crippen LogP contribution in [0.1, 0.15) is 165 Å². The summed E-state index contributed by atoms with van der Waals surface area (Å²) in [7, 11) is 0. The van der Waals surface area contributed by atoms with Gasteiger partial charge in [-0.05, 0) is 32.1 Å². The van der Waals surface area contributed by atoms with Gasteiger partial charge < -0.3 is 46.3 Å². The maximum absolute atomic E-state index is 11.0. The largest absolute Gasteiger partial charge is 2.00 e. The number of carbonyl (C=O) groups excluding carboxylic acids is 2. The number of hydrogen-bond donors (Lipinski definition) is 0. The average molecular weight is 935 g/mol. The molecule has 0 rings (SSSR count). The van der Waals surface area contributed by atoms with Crippen LogP contribution in [0.5, 0.6) is 0 Å². The monoisotopic (exact) mass is 930 g/mol. The van der Waals surface area contributed by atoms with Crippen LogP contribution in [-0.4, -0.2) is 96.2 Å². The van der Waals surface area contributed by atoms with Crippen LogP contribution in [0.2, 0.25) is 0 Å². The van der Waals surface area contributed by atoms with Gasteiger partial charge in [-0.25, -0.2) is 0 Å². The van der Waals surface area contributed by atoms with Crippen LogP contribution in [0.4, 0.5) is 0 Å². The van der Waals surface area contributed by atoms with Crippen LogP contribution >= 0.6 is 28.2 Å². The van der Waals surface area contributed by atoms with Crippen LogP contribution < -0.4 is 29.9 Å². The van der Waals surface area contributed by atoms with E-state index in [4.69, 9.17) is 9.47 Å². The number of unbranched alkanes of at least 4 members (excludes halogenated alkanes) is 14. The number of esters is 2. The average Bonchev–Trinajstić information content (AvgIpc) is 2.97. The van der Waals surface area contributed by atoms with Crippen molar-refractivity contribution in [1.29, 1.82) is 0 Å². The van der Waals surface area contributed by atoms with E-state index < -0.39 is 0 Å². The maximum Gasteiger partial charge on any atom is 2.00 e. The molecule has 1 radical (unpaired) electrons. The molecule has 0 saturated carbocycles. The summed E-state index contributed by atoms with van der Waals surface area (Å²) in [5.41, 5.74) is 0. The molecule has 0 N–H and O–H groups in total. The van der Waals surface area contributed by atoms with E-state index >= 15 is 0 Å². The van der Waals surface area contributed by atoms with E-state index in [1.807, 2.05) is 20.8 Å². The van der Waals surface area contributed by atoms with Crippen LogP contribution in [-0.2, 0) is 30.4 Å². The Kier molecular flexibility index (Phi) is 123. The van der Waals surface area contributed by atoms with Gasteiger partial charge in [0.05, 0.1) is 12.5 Å². The smallest absolute Gasteiger partial charge is 1.00 e. The fourth-order valence-electron chi connectivity index (χ4n) is 3.49. The van der Waals surface area contributed by atoms with Gasteiger partial charge in [0.1, 0.15) is 6.10 Å². The van der Waals surface area contributed by atoms with Crippen molar-refractivity contribution >= 4 is 105 Å². The van der Waals surface area contributed by atoms with Crippen LogP contribution in [0.15, 0.2) is 24.8 Å². The van der Waals surface area contributed by atoms with Crippen LogP contribution in [0, 0.1) is 12.8 Å². The van der Waals surface area contributed by atoms with Gasteiger partial charge in [-0.1, -0.05) is 144 Å². The zero-order valence-corrected chi connectivity index (χ0v) is 39.2. The molecule has 0 aliphatic heterocycles. The molecule has 0 spiro atoms. The summed E-state index contributed by atoms with van der Waals surface area (Å²) in [5, 5.41) is 10.0. The Balaban J connectivity index is -0.0000000458. The third-order valence-electron chi connectivity index (χ3n) is 6.02. The summed E-state index contributed by atoms with van der Waals surface area (Å²) in [6.07, 6.45) is 27.6. The van der Waals surface area contributed by atoms with E-state index in [0.29, 0.717) is 6.61 Å². The molecule has 0 aliphatic carbocycles. The molecule has 0 bridgehead atoms. The Labute approximate surface area is 383 Å². The van der Waals surface area contributed by atoms with Crippen molar-refractivity contribution in [2.75, 3.05) is 13.2 Å². The number of carbonyl (C=O) groups is 2. The Morgan fingerprint density at radius 1 is 0.816 bits per heavy atom. The first-order chi connectivity index (χ1) is 20.2. The number of allylic oxidation sites excluding steroid dienone is 2. The Morgan fingerprint density at radius 3 is 1.57 bits per heavy atom. The van der Waals surface area contributed by atoms with Gasteiger partial charge in [0.25, 0.3) is 0 Å². The molecule has 5 nitrogen and oxygen atoms in total. The van der Waals surface area contributed by atoms with Gasteiger partial charge in [-0.2, -0.15) is 6.42 Å². The summed E-state index contributed by atoms with van der Waals surface area (Å²) in [4.78, 5) is 21.5. The zero-order valence-electron chi connectivity index (χ0n) is 30.7. The third-order valence-corrected chi connectivity index (χ3v) is 6.02. The minimum absolute atomic E-state index is 0. The van der Waals surface area contributed by atoms with Crippen LogP contribution in [0.25, 0.3) is 0 Å². The Hall–Kier alpha value is 2.57. The summed E-state index contributed by atoms with van der Waals surface area (Å²) in [6.45, 7) is 17.3. The second-order valence-electron chi connectivity index (χ2n) is 10.3. The van der Waals surface area contributed by atoms with Gasteiger partial charge in [0.2, 0.25) is 0 Å². The summed E-state index contributed by atoms with van der Waals surface area (Å²) in [5.74, 6) is -0.368. The van der Waals surface area contributed by atoms with Crippen molar-refractivity contribution in [2.45, 2.75) is 171 Å². The van der Waals surface area contributed by atoms with Gasteiger partial charge in [-0.3, -0.25) is 9.59 Å². The molecular weight excluding hydrogens is 862 g/mol. The van der Waals surface area contributed by atoms with Crippen molar-refractivity contribution in [3.8, 4) is 0 Å². The third kappa shape index (κ3) is 89.2. The molecule has 0 aromatic rings. The normalized spacial score (nSPS) is 9.43. The summed E-state index contributed by atoms with van der Waals surface area (Å²) < 4.78 is 9.94. The van der Waals surface area contributed by atoms with Crippen molar-refractivity contribution in [3.63, 3.8) is 0 Å². The van der Waals surface area contributed by atoms with Crippen molar-refractivity contribution in [2.24, 2.45) is 5.92 Å². The van der Waals surface area contributed by atoms with Gasteiger partial charge in [0.15, 0.2) is 0 Å². The molecular formula is C36H72Br2Cl2CuLiMg2O5. The van der Waals surface area contributed by atoms with Crippen LogP contribution in [0.3, 0.4) is 0 Å². The van der Waals surface area contributed by atoms with E-state index in [2.05, 4.69) is 60.8 Å². The van der Waals surface area contributed by atoms with Gasteiger partial charge in [0, 0.05) is 25.8 Å². The number of rotatable bonds is 23. The Morgan fingerprint density at radius 2 is 1.22 bits per heavy atom.